The molecule has 3 aromatic rings. The standard InChI is InChI=1S/C23H32N6/c1-7-17(8-2)29-23-21(16(6)27-29)26-20(15(5)24-23)18-10-11-19(14(3)4)25-22(18)28-12-9-13-28/h10-11,14,17H,7-9,12-13H2,1-6H3. The number of nitrogens with zero attached hydrogens (tertiary/aromatic N) is 6. The lowest BCUT2D eigenvalue weighted by atomic mass is 10.0. The Kier molecular flexibility index (Phi) is 5.28. The quantitative estimate of drug-likeness (QED) is 0.577. The molecule has 0 aliphatic carbocycles. The molecule has 0 radical (unpaired) electrons. The van der Waals surface area contributed by atoms with Crippen LogP contribution in [0.25, 0.3) is 22.4 Å². The van der Waals surface area contributed by atoms with E-state index >= 15 is 0 Å². The molecule has 3 aromatic heterocycles. The van der Waals surface area contributed by atoms with Crippen LogP contribution in [-0.2, 0) is 0 Å². The van der Waals surface area contributed by atoms with Crippen LogP contribution >= 0.6 is 0 Å². The Morgan fingerprint density at radius 2 is 1.69 bits per heavy atom. The number of anilines is 1. The summed E-state index contributed by atoms with van der Waals surface area (Å²) in [5.41, 5.74) is 6.81. The van der Waals surface area contributed by atoms with Gasteiger partial charge in [-0.2, -0.15) is 5.10 Å². The van der Waals surface area contributed by atoms with Gasteiger partial charge in [0.15, 0.2) is 5.65 Å². The van der Waals surface area contributed by atoms with Crippen LogP contribution in [0.5, 0.6) is 0 Å². The van der Waals surface area contributed by atoms with Gasteiger partial charge in [0.05, 0.1) is 23.1 Å². The highest BCUT2D eigenvalue weighted by Gasteiger charge is 2.24. The van der Waals surface area contributed by atoms with Crippen LogP contribution in [0, 0.1) is 13.8 Å². The van der Waals surface area contributed by atoms with Crippen molar-refractivity contribution in [1.82, 2.24) is 24.7 Å². The highest BCUT2D eigenvalue weighted by Crippen LogP contribution is 2.35. The molecule has 0 atom stereocenters. The van der Waals surface area contributed by atoms with Crippen LogP contribution in [0.3, 0.4) is 0 Å². The van der Waals surface area contributed by atoms with Crippen molar-refractivity contribution < 1.29 is 0 Å². The summed E-state index contributed by atoms with van der Waals surface area (Å²) in [4.78, 5) is 17.4. The van der Waals surface area contributed by atoms with E-state index in [9.17, 15) is 0 Å². The molecule has 0 aromatic carbocycles. The van der Waals surface area contributed by atoms with E-state index in [1.807, 2.05) is 6.92 Å². The minimum absolute atomic E-state index is 0.356. The molecule has 6 heteroatoms. The Morgan fingerprint density at radius 3 is 2.28 bits per heavy atom. The van der Waals surface area contributed by atoms with E-state index in [0.29, 0.717) is 12.0 Å². The summed E-state index contributed by atoms with van der Waals surface area (Å²) in [7, 11) is 0. The minimum atomic E-state index is 0.356. The summed E-state index contributed by atoms with van der Waals surface area (Å²) in [6.45, 7) is 15.0. The largest absolute Gasteiger partial charge is 0.356 e. The van der Waals surface area contributed by atoms with Crippen molar-refractivity contribution in [2.75, 3.05) is 18.0 Å². The van der Waals surface area contributed by atoms with Crippen LogP contribution in [0.1, 0.15) is 76.0 Å². The first kappa shape index (κ1) is 19.8. The third-order valence-electron chi connectivity index (χ3n) is 6.06. The highest BCUT2D eigenvalue weighted by atomic mass is 15.3. The van der Waals surface area contributed by atoms with Gasteiger partial charge in [-0.3, -0.25) is 0 Å². The maximum absolute atomic E-state index is 5.08. The number of hydrogen-bond donors (Lipinski definition) is 0. The maximum Gasteiger partial charge on any atom is 0.177 e. The molecule has 1 fully saturated rings. The molecule has 4 heterocycles. The van der Waals surface area contributed by atoms with Gasteiger partial charge in [-0.25, -0.2) is 19.6 Å². The molecule has 0 unspecified atom stereocenters. The van der Waals surface area contributed by atoms with Crippen molar-refractivity contribution in [2.45, 2.75) is 72.8 Å². The lowest BCUT2D eigenvalue weighted by Crippen LogP contribution is -2.38. The molecule has 29 heavy (non-hydrogen) atoms. The molecular weight excluding hydrogens is 360 g/mol. The molecule has 1 aliphatic rings. The fourth-order valence-corrected chi connectivity index (χ4v) is 4.05. The van der Waals surface area contributed by atoms with Crippen LogP contribution in [0.4, 0.5) is 5.82 Å². The number of fused-ring (bicyclic) bond motifs is 1. The second-order valence-corrected chi connectivity index (χ2v) is 8.43. The van der Waals surface area contributed by atoms with Crippen LogP contribution in [0.15, 0.2) is 12.1 Å². The van der Waals surface area contributed by atoms with Crippen LogP contribution < -0.4 is 4.90 Å². The van der Waals surface area contributed by atoms with Crippen molar-refractivity contribution in [3.05, 3.63) is 29.2 Å². The Hall–Kier alpha value is -2.50. The maximum atomic E-state index is 5.08. The fraction of sp³-hybridized carbons (Fsp3) is 0.565. The number of aromatic nitrogens is 5. The Bertz CT molecular complexity index is 1030. The second kappa shape index (κ2) is 7.73. The van der Waals surface area contributed by atoms with Gasteiger partial charge >= 0.3 is 0 Å². The molecular formula is C23H32N6. The molecule has 0 spiro atoms. The van der Waals surface area contributed by atoms with Crippen molar-refractivity contribution in [2.24, 2.45) is 0 Å². The third-order valence-corrected chi connectivity index (χ3v) is 6.06. The molecule has 0 N–H and O–H groups in total. The second-order valence-electron chi connectivity index (χ2n) is 8.43. The summed E-state index contributed by atoms with van der Waals surface area (Å²) < 4.78 is 2.07. The van der Waals surface area contributed by atoms with E-state index < -0.39 is 0 Å². The summed E-state index contributed by atoms with van der Waals surface area (Å²) in [6.07, 6.45) is 3.29. The van der Waals surface area contributed by atoms with E-state index in [0.717, 1.165) is 71.3 Å². The third kappa shape index (κ3) is 3.38. The Labute approximate surface area is 173 Å². The normalized spacial score (nSPS) is 14.3. The van der Waals surface area contributed by atoms with Crippen LogP contribution in [0.2, 0.25) is 0 Å². The van der Waals surface area contributed by atoms with Gasteiger partial charge in [-0.05, 0) is 51.2 Å². The first-order valence-corrected chi connectivity index (χ1v) is 10.9. The predicted octanol–water partition coefficient (Wildman–Crippen LogP) is 5.20. The molecule has 0 saturated carbocycles. The predicted molar refractivity (Wildman–Crippen MR) is 119 cm³/mol. The minimum Gasteiger partial charge on any atom is -0.356 e. The van der Waals surface area contributed by atoms with Gasteiger partial charge in [-0.1, -0.05) is 27.7 Å². The zero-order chi connectivity index (χ0) is 20.7. The summed E-state index contributed by atoms with van der Waals surface area (Å²) in [5.74, 6) is 1.45. The molecule has 0 bridgehead atoms. The van der Waals surface area contributed by atoms with Crippen molar-refractivity contribution in [3.63, 3.8) is 0 Å². The Balaban J connectivity index is 1.88. The SMILES string of the molecule is CCC(CC)n1nc(C)c2nc(-c3ccc(C(C)C)nc3N3CCC3)c(C)nc21. The fourth-order valence-electron chi connectivity index (χ4n) is 4.05. The molecule has 1 saturated heterocycles. The molecule has 1 aliphatic heterocycles. The van der Waals surface area contributed by atoms with E-state index in [-0.39, 0.29) is 0 Å². The van der Waals surface area contributed by atoms with E-state index in [1.165, 1.54) is 6.42 Å². The highest BCUT2D eigenvalue weighted by molar-refractivity contribution is 5.82. The van der Waals surface area contributed by atoms with Gasteiger partial charge < -0.3 is 4.90 Å². The topological polar surface area (TPSA) is 59.7 Å². The number of pyridine rings is 1. The molecule has 6 nitrogen and oxygen atoms in total. The van der Waals surface area contributed by atoms with Gasteiger partial charge in [0, 0.05) is 24.3 Å². The van der Waals surface area contributed by atoms with E-state index in [4.69, 9.17) is 20.1 Å². The molecule has 154 valence electrons. The number of hydrogen-bond acceptors (Lipinski definition) is 5. The summed E-state index contributed by atoms with van der Waals surface area (Å²) in [6, 6.07) is 4.67. The molecule has 4 rings (SSSR count). The first-order chi connectivity index (χ1) is 13.9. The first-order valence-electron chi connectivity index (χ1n) is 10.9. The van der Waals surface area contributed by atoms with Crippen molar-refractivity contribution in [1.29, 1.82) is 0 Å². The Morgan fingerprint density at radius 1 is 0.966 bits per heavy atom. The van der Waals surface area contributed by atoms with E-state index in [1.54, 1.807) is 0 Å². The van der Waals surface area contributed by atoms with Gasteiger partial charge in [0.25, 0.3) is 0 Å². The van der Waals surface area contributed by atoms with Gasteiger partial charge in [-0.15, -0.1) is 0 Å². The van der Waals surface area contributed by atoms with Gasteiger partial charge in [0.1, 0.15) is 11.3 Å². The lowest BCUT2D eigenvalue weighted by molar-refractivity contribution is 0.436. The average Bonchev–Trinajstić information content (AvgIpc) is 2.96. The van der Waals surface area contributed by atoms with Crippen LogP contribution in [-0.4, -0.2) is 37.8 Å². The molecule has 0 amide bonds. The van der Waals surface area contributed by atoms with Crippen molar-refractivity contribution >= 4 is 17.0 Å². The average molecular weight is 393 g/mol. The smallest absolute Gasteiger partial charge is 0.177 e. The number of aryl methyl sites for hydroxylation is 2. The summed E-state index contributed by atoms with van der Waals surface area (Å²) >= 11 is 0. The number of rotatable bonds is 6. The lowest BCUT2D eigenvalue weighted by Gasteiger charge is -2.34. The summed E-state index contributed by atoms with van der Waals surface area (Å²) in [5, 5.41) is 4.80. The van der Waals surface area contributed by atoms with E-state index in [2.05, 4.69) is 56.3 Å². The van der Waals surface area contributed by atoms with Gasteiger partial charge in [0.2, 0.25) is 0 Å². The van der Waals surface area contributed by atoms with Crippen molar-refractivity contribution in [3.8, 4) is 11.3 Å². The monoisotopic (exact) mass is 392 g/mol. The zero-order valence-electron chi connectivity index (χ0n) is 18.5. The zero-order valence-corrected chi connectivity index (χ0v) is 18.5.